The first-order valence-corrected chi connectivity index (χ1v) is 8.49. The number of amides is 1. The number of hydrogen-bond donors (Lipinski definition) is 1. The number of nitrogens with zero attached hydrogens (tertiary/aromatic N) is 3. The lowest BCUT2D eigenvalue weighted by atomic mass is 10.2. The number of carbonyl (C=O) groups is 1. The van der Waals surface area contributed by atoms with Gasteiger partial charge in [-0.15, -0.1) is 0 Å². The van der Waals surface area contributed by atoms with E-state index in [1.54, 1.807) is 6.20 Å². The Labute approximate surface area is 146 Å². The quantitative estimate of drug-likeness (QED) is 0.894. The molecule has 2 atom stereocenters. The fraction of sp³-hybridized carbons (Fsp3) is 0.500. The summed E-state index contributed by atoms with van der Waals surface area (Å²) in [5.74, 6) is 0.678. The Morgan fingerprint density at radius 1 is 1.36 bits per heavy atom. The predicted octanol–water partition coefficient (Wildman–Crippen LogP) is 2.24. The number of aliphatic hydroxyl groups excluding tert-OH is 1. The SMILES string of the molecule is CC(C)COC(=O)N1CC(Oc2cnc3ccccc3n2)CC1CO. The van der Waals surface area contributed by atoms with Crippen LogP contribution in [0.2, 0.25) is 0 Å². The van der Waals surface area contributed by atoms with Gasteiger partial charge in [0.1, 0.15) is 6.10 Å². The third-order valence-electron chi connectivity index (χ3n) is 4.08. The van der Waals surface area contributed by atoms with Crippen LogP contribution in [0, 0.1) is 5.92 Å². The number of aliphatic hydroxyl groups is 1. The van der Waals surface area contributed by atoms with Gasteiger partial charge in [0.15, 0.2) is 0 Å². The molecule has 1 fully saturated rings. The van der Waals surface area contributed by atoms with Crippen LogP contribution in [0.5, 0.6) is 5.88 Å². The monoisotopic (exact) mass is 345 g/mol. The smallest absolute Gasteiger partial charge is 0.410 e. The first-order valence-electron chi connectivity index (χ1n) is 8.49. The Bertz CT molecular complexity index is 737. The summed E-state index contributed by atoms with van der Waals surface area (Å²) in [7, 11) is 0. The number of fused-ring (bicyclic) bond motifs is 1. The number of likely N-dealkylation sites (tertiary alicyclic amines) is 1. The molecule has 134 valence electrons. The summed E-state index contributed by atoms with van der Waals surface area (Å²) in [6.45, 7) is 4.54. The molecule has 0 radical (unpaired) electrons. The molecule has 0 aliphatic carbocycles. The first-order chi connectivity index (χ1) is 12.1. The Kier molecular flexibility index (Phi) is 5.33. The van der Waals surface area contributed by atoms with E-state index >= 15 is 0 Å². The summed E-state index contributed by atoms with van der Waals surface area (Å²) in [5, 5.41) is 9.55. The van der Waals surface area contributed by atoms with E-state index in [1.165, 1.54) is 4.90 Å². The van der Waals surface area contributed by atoms with Crippen LogP contribution in [-0.2, 0) is 4.74 Å². The maximum atomic E-state index is 12.2. The van der Waals surface area contributed by atoms with E-state index in [9.17, 15) is 9.90 Å². The summed E-state index contributed by atoms with van der Waals surface area (Å²) < 4.78 is 11.2. The number of ether oxygens (including phenoxy) is 2. The van der Waals surface area contributed by atoms with Crippen molar-refractivity contribution in [1.29, 1.82) is 0 Å². The van der Waals surface area contributed by atoms with Crippen LogP contribution in [0.1, 0.15) is 20.3 Å². The Balaban J connectivity index is 1.65. The minimum absolute atomic E-state index is 0.125. The molecule has 0 saturated carbocycles. The fourth-order valence-corrected chi connectivity index (χ4v) is 2.84. The lowest BCUT2D eigenvalue weighted by molar-refractivity contribution is 0.0748. The van der Waals surface area contributed by atoms with Crippen LogP contribution >= 0.6 is 0 Å². The van der Waals surface area contributed by atoms with Gasteiger partial charge < -0.3 is 14.6 Å². The number of benzene rings is 1. The van der Waals surface area contributed by atoms with Gasteiger partial charge in [-0.2, -0.15) is 0 Å². The molecule has 25 heavy (non-hydrogen) atoms. The Hall–Kier alpha value is -2.41. The predicted molar refractivity (Wildman–Crippen MR) is 92.3 cm³/mol. The van der Waals surface area contributed by atoms with E-state index in [-0.39, 0.29) is 24.7 Å². The van der Waals surface area contributed by atoms with Gasteiger partial charge in [0, 0.05) is 6.42 Å². The second-order valence-electron chi connectivity index (χ2n) is 6.63. The van der Waals surface area contributed by atoms with Crippen molar-refractivity contribution in [3.05, 3.63) is 30.5 Å². The molecular weight excluding hydrogens is 322 g/mol. The lowest BCUT2D eigenvalue weighted by Crippen LogP contribution is -2.39. The molecule has 7 heteroatoms. The van der Waals surface area contributed by atoms with Crippen molar-refractivity contribution < 1.29 is 19.4 Å². The molecular formula is C18H23N3O4. The highest BCUT2D eigenvalue weighted by molar-refractivity contribution is 5.74. The molecule has 3 rings (SSSR count). The normalized spacial score (nSPS) is 20.2. The maximum absolute atomic E-state index is 12.2. The summed E-state index contributed by atoms with van der Waals surface area (Å²) >= 11 is 0. The lowest BCUT2D eigenvalue weighted by Gasteiger charge is -2.22. The molecule has 1 aliphatic heterocycles. The molecule has 2 unspecified atom stereocenters. The van der Waals surface area contributed by atoms with Crippen molar-refractivity contribution in [3.8, 4) is 5.88 Å². The van der Waals surface area contributed by atoms with E-state index in [2.05, 4.69) is 9.97 Å². The second-order valence-corrected chi connectivity index (χ2v) is 6.63. The number of aromatic nitrogens is 2. The molecule has 1 aromatic heterocycles. The van der Waals surface area contributed by atoms with E-state index < -0.39 is 6.09 Å². The zero-order chi connectivity index (χ0) is 17.8. The van der Waals surface area contributed by atoms with Crippen LogP contribution in [-0.4, -0.2) is 58.0 Å². The van der Waals surface area contributed by atoms with E-state index in [1.807, 2.05) is 38.1 Å². The molecule has 0 bridgehead atoms. The van der Waals surface area contributed by atoms with Crippen LogP contribution in [0.3, 0.4) is 0 Å². The standard InChI is InChI=1S/C18H23N3O4/c1-12(2)11-24-18(23)21-9-14(7-13(21)10-22)25-17-8-19-15-5-3-4-6-16(15)20-17/h3-6,8,12-14,22H,7,9-11H2,1-2H3. The Morgan fingerprint density at radius 2 is 2.12 bits per heavy atom. The minimum Gasteiger partial charge on any atom is -0.471 e. The van der Waals surface area contributed by atoms with E-state index in [4.69, 9.17) is 9.47 Å². The number of carbonyl (C=O) groups excluding carboxylic acids is 1. The molecule has 1 aromatic carbocycles. The van der Waals surface area contributed by atoms with Gasteiger partial charge in [-0.25, -0.2) is 14.8 Å². The highest BCUT2D eigenvalue weighted by Crippen LogP contribution is 2.23. The van der Waals surface area contributed by atoms with Gasteiger partial charge in [-0.3, -0.25) is 4.90 Å². The minimum atomic E-state index is -0.413. The highest BCUT2D eigenvalue weighted by atomic mass is 16.6. The zero-order valence-electron chi connectivity index (χ0n) is 14.5. The average Bonchev–Trinajstić information content (AvgIpc) is 3.02. The van der Waals surface area contributed by atoms with Crippen molar-refractivity contribution in [2.75, 3.05) is 19.8 Å². The molecule has 0 spiro atoms. The van der Waals surface area contributed by atoms with Gasteiger partial charge in [0.2, 0.25) is 5.88 Å². The van der Waals surface area contributed by atoms with Gasteiger partial charge in [-0.1, -0.05) is 26.0 Å². The topological polar surface area (TPSA) is 84.8 Å². The maximum Gasteiger partial charge on any atom is 0.410 e. The Morgan fingerprint density at radius 3 is 2.84 bits per heavy atom. The van der Waals surface area contributed by atoms with E-state index in [0.717, 1.165) is 11.0 Å². The van der Waals surface area contributed by atoms with Crippen LogP contribution in [0.25, 0.3) is 11.0 Å². The highest BCUT2D eigenvalue weighted by Gasteiger charge is 2.37. The molecule has 1 aliphatic rings. The average molecular weight is 345 g/mol. The van der Waals surface area contributed by atoms with Gasteiger partial charge in [0.25, 0.3) is 0 Å². The van der Waals surface area contributed by atoms with Crippen LogP contribution in [0.4, 0.5) is 4.79 Å². The molecule has 1 amide bonds. The zero-order valence-corrected chi connectivity index (χ0v) is 14.5. The van der Waals surface area contributed by atoms with Crippen molar-refractivity contribution >= 4 is 17.1 Å². The van der Waals surface area contributed by atoms with Crippen LogP contribution < -0.4 is 4.74 Å². The third kappa shape index (κ3) is 4.17. The van der Waals surface area contributed by atoms with Crippen molar-refractivity contribution in [2.45, 2.75) is 32.4 Å². The molecule has 2 aromatic rings. The van der Waals surface area contributed by atoms with Gasteiger partial charge in [0.05, 0.1) is 43.0 Å². The van der Waals surface area contributed by atoms with Crippen LogP contribution in [0.15, 0.2) is 30.5 Å². The van der Waals surface area contributed by atoms with Crippen molar-refractivity contribution in [3.63, 3.8) is 0 Å². The summed E-state index contributed by atoms with van der Waals surface area (Å²) in [6, 6.07) is 7.25. The molecule has 1 N–H and O–H groups in total. The number of rotatable bonds is 5. The fourth-order valence-electron chi connectivity index (χ4n) is 2.84. The van der Waals surface area contributed by atoms with Crippen molar-refractivity contribution in [1.82, 2.24) is 14.9 Å². The van der Waals surface area contributed by atoms with Gasteiger partial charge in [-0.05, 0) is 18.1 Å². The molecule has 2 heterocycles. The summed E-state index contributed by atoms with van der Waals surface area (Å²) in [6.07, 6.45) is 1.44. The van der Waals surface area contributed by atoms with Gasteiger partial charge >= 0.3 is 6.09 Å². The first kappa shape index (κ1) is 17.4. The van der Waals surface area contributed by atoms with E-state index in [0.29, 0.717) is 25.5 Å². The molecule has 7 nitrogen and oxygen atoms in total. The second kappa shape index (κ2) is 7.65. The summed E-state index contributed by atoms with van der Waals surface area (Å²) in [4.78, 5) is 22.5. The number of para-hydroxylation sites is 2. The largest absolute Gasteiger partial charge is 0.471 e. The third-order valence-corrected chi connectivity index (χ3v) is 4.08. The summed E-state index contributed by atoms with van der Waals surface area (Å²) in [5.41, 5.74) is 1.55. The van der Waals surface area contributed by atoms with Crippen molar-refractivity contribution in [2.24, 2.45) is 5.92 Å². The number of hydrogen-bond acceptors (Lipinski definition) is 6. The molecule has 1 saturated heterocycles.